The molecule has 96 valence electrons. The molecule has 0 amide bonds. The highest BCUT2D eigenvalue weighted by atomic mass is 19.1. The van der Waals surface area contributed by atoms with E-state index in [-0.39, 0.29) is 11.9 Å². The van der Waals surface area contributed by atoms with Crippen LogP contribution in [0.15, 0.2) is 36.7 Å². The first-order chi connectivity index (χ1) is 8.66. The van der Waals surface area contributed by atoms with Gasteiger partial charge in [-0.15, -0.1) is 0 Å². The van der Waals surface area contributed by atoms with Crippen LogP contribution in [0, 0.1) is 12.7 Å². The van der Waals surface area contributed by atoms with Crippen molar-refractivity contribution >= 4 is 0 Å². The molecule has 1 aromatic heterocycles. The van der Waals surface area contributed by atoms with Gasteiger partial charge >= 0.3 is 0 Å². The van der Waals surface area contributed by atoms with E-state index in [1.807, 2.05) is 26.1 Å². The van der Waals surface area contributed by atoms with Gasteiger partial charge in [0.15, 0.2) is 0 Å². The van der Waals surface area contributed by atoms with Crippen LogP contribution in [0.4, 0.5) is 4.39 Å². The highest BCUT2D eigenvalue weighted by Crippen LogP contribution is 2.13. The zero-order chi connectivity index (χ0) is 13.0. The third-order valence-corrected chi connectivity index (χ3v) is 3.08. The molecule has 0 aliphatic heterocycles. The molecule has 1 heterocycles. The molecule has 0 spiro atoms. The van der Waals surface area contributed by atoms with Crippen LogP contribution in [0.5, 0.6) is 0 Å². The lowest BCUT2D eigenvalue weighted by Gasteiger charge is -2.15. The van der Waals surface area contributed by atoms with Crippen LogP contribution in [0.25, 0.3) is 0 Å². The Morgan fingerprint density at radius 3 is 2.94 bits per heavy atom. The fourth-order valence-corrected chi connectivity index (χ4v) is 1.94. The van der Waals surface area contributed by atoms with Gasteiger partial charge in [-0.25, -0.2) is 9.37 Å². The van der Waals surface area contributed by atoms with Gasteiger partial charge in [-0.3, -0.25) is 0 Å². The highest BCUT2D eigenvalue weighted by molar-refractivity contribution is 5.19. The van der Waals surface area contributed by atoms with Crippen molar-refractivity contribution in [2.75, 3.05) is 6.54 Å². The SMILES string of the molecule is Cc1nccn1CCN[C@@H](C)c1cccc(F)c1. The second-order valence-corrected chi connectivity index (χ2v) is 4.40. The molecule has 0 fully saturated rings. The van der Waals surface area contributed by atoms with Crippen molar-refractivity contribution < 1.29 is 4.39 Å². The predicted molar refractivity (Wildman–Crippen MR) is 69.8 cm³/mol. The molecule has 0 bridgehead atoms. The Morgan fingerprint density at radius 2 is 2.28 bits per heavy atom. The zero-order valence-electron chi connectivity index (χ0n) is 10.7. The molecule has 4 heteroatoms. The number of benzene rings is 1. The van der Waals surface area contributed by atoms with Crippen LogP contribution in [0.1, 0.15) is 24.4 Å². The molecule has 0 aliphatic rings. The number of rotatable bonds is 5. The van der Waals surface area contributed by atoms with Crippen molar-refractivity contribution in [1.82, 2.24) is 14.9 Å². The molecular formula is C14H18FN3. The molecule has 18 heavy (non-hydrogen) atoms. The Kier molecular flexibility index (Phi) is 4.10. The van der Waals surface area contributed by atoms with Crippen LogP contribution in [0.2, 0.25) is 0 Å². The van der Waals surface area contributed by atoms with Gasteiger partial charge in [0.25, 0.3) is 0 Å². The lowest BCUT2D eigenvalue weighted by atomic mass is 10.1. The van der Waals surface area contributed by atoms with Gasteiger partial charge in [-0.1, -0.05) is 12.1 Å². The number of nitrogens with one attached hydrogen (secondary N) is 1. The number of imidazole rings is 1. The third kappa shape index (κ3) is 3.17. The van der Waals surface area contributed by atoms with Crippen LogP contribution < -0.4 is 5.32 Å². The van der Waals surface area contributed by atoms with Gasteiger partial charge in [0.1, 0.15) is 11.6 Å². The Balaban J connectivity index is 1.85. The summed E-state index contributed by atoms with van der Waals surface area (Å²) in [6.45, 7) is 5.71. The first kappa shape index (κ1) is 12.8. The monoisotopic (exact) mass is 247 g/mol. The van der Waals surface area contributed by atoms with Gasteiger partial charge in [0, 0.05) is 31.5 Å². The molecule has 3 nitrogen and oxygen atoms in total. The average Bonchev–Trinajstić information content (AvgIpc) is 2.75. The van der Waals surface area contributed by atoms with Gasteiger partial charge in [0.05, 0.1) is 0 Å². The quantitative estimate of drug-likeness (QED) is 0.880. The van der Waals surface area contributed by atoms with Crippen molar-refractivity contribution in [1.29, 1.82) is 0 Å². The van der Waals surface area contributed by atoms with Crippen molar-refractivity contribution in [3.63, 3.8) is 0 Å². The summed E-state index contributed by atoms with van der Waals surface area (Å²) in [6.07, 6.45) is 3.76. The van der Waals surface area contributed by atoms with Crippen LogP contribution in [0.3, 0.4) is 0 Å². The summed E-state index contributed by atoms with van der Waals surface area (Å²) in [7, 11) is 0. The summed E-state index contributed by atoms with van der Waals surface area (Å²) < 4.78 is 15.2. The summed E-state index contributed by atoms with van der Waals surface area (Å²) >= 11 is 0. The van der Waals surface area contributed by atoms with Crippen LogP contribution in [-0.2, 0) is 6.54 Å². The zero-order valence-corrected chi connectivity index (χ0v) is 10.7. The molecule has 1 atom stereocenters. The maximum atomic E-state index is 13.1. The van der Waals surface area contributed by atoms with Crippen molar-refractivity contribution in [2.45, 2.75) is 26.4 Å². The molecule has 2 rings (SSSR count). The summed E-state index contributed by atoms with van der Waals surface area (Å²) in [6, 6.07) is 6.85. The van der Waals surface area contributed by atoms with Crippen LogP contribution in [-0.4, -0.2) is 16.1 Å². The fourth-order valence-electron chi connectivity index (χ4n) is 1.94. The molecular weight excluding hydrogens is 229 g/mol. The van der Waals surface area contributed by atoms with E-state index in [9.17, 15) is 4.39 Å². The predicted octanol–water partition coefficient (Wildman–Crippen LogP) is 2.68. The van der Waals surface area contributed by atoms with E-state index in [1.165, 1.54) is 6.07 Å². The standard InChI is InChI=1S/C14H18FN3/c1-11(13-4-3-5-14(15)10-13)16-6-8-18-9-7-17-12(18)2/h3-5,7,9-11,16H,6,8H2,1-2H3/t11-/m0/s1. The topological polar surface area (TPSA) is 29.9 Å². The molecule has 0 saturated heterocycles. The number of hydrogen-bond acceptors (Lipinski definition) is 2. The summed E-state index contributed by atoms with van der Waals surface area (Å²) in [5, 5.41) is 3.38. The van der Waals surface area contributed by atoms with E-state index in [0.717, 1.165) is 24.5 Å². The lowest BCUT2D eigenvalue weighted by Crippen LogP contribution is -2.23. The maximum absolute atomic E-state index is 13.1. The minimum Gasteiger partial charge on any atom is -0.334 e. The number of nitrogens with zero attached hydrogens (tertiary/aromatic N) is 2. The highest BCUT2D eigenvalue weighted by Gasteiger charge is 2.05. The van der Waals surface area contributed by atoms with E-state index >= 15 is 0 Å². The van der Waals surface area contributed by atoms with Crippen molar-refractivity contribution in [2.24, 2.45) is 0 Å². The minimum atomic E-state index is -0.188. The number of aromatic nitrogens is 2. The van der Waals surface area contributed by atoms with E-state index in [4.69, 9.17) is 0 Å². The Morgan fingerprint density at radius 1 is 1.44 bits per heavy atom. The molecule has 0 saturated carbocycles. The summed E-state index contributed by atoms with van der Waals surface area (Å²) in [4.78, 5) is 4.17. The largest absolute Gasteiger partial charge is 0.334 e. The Labute approximate surface area is 107 Å². The maximum Gasteiger partial charge on any atom is 0.123 e. The van der Waals surface area contributed by atoms with Crippen molar-refractivity contribution in [3.05, 3.63) is 53.9 Å². The summed E-state index contributed by atoms with van der Waals surface area (Å²) in [5.74, 6) is 0.821. The smallest absolute Gasteiger partial charge is 0.123 e. The van der Waals surface area contributed by atoms with E-state index in [0.29, 0.717) is 0 Å². The molecule has 2 aromatic rings. The molecule has 0 radical (unpaired) electrons. The average molecular weight is 247 g/mol. The molecule has 0 unspecified atom stereocenters. The molecule has 0 aliphatic carbocycles. The number of aryl methyl sites for hydroxylation is 1. The second kappa shape index (κ2) is 5.78. The van der Waals surface area contributed by atoms with E-state index < -0.39 is 0 Å². The first-order valence-electron chi connectivity index (χ1n) is 6.13. The third-order valence-electron chi connectivity index (χ3n) is 3.08. The van der Waals surface area contributed by atoms with Crippen LogP contribution >= 0.6 is 0 Å². The summed E-state index contributed by atoms with van der Waals surface area (Å²) in [5.41, 5.74) is 0.970. The van der Waals surface area contributed by atoms with Gasteiger partial charge in [-0.05, 0) is 31.5 Å². The van der Waals surface area contributed by atoms with Gasteiger partial charge in [0.2, 0.25) is 0 Å². The van der Waals surface area contributed by atoms with Gasteiger partial charge in [-0.2, -0.15) is 0 Å². The normalized spacial score (nSPS) is 12.6. The minimum absolute atomic E-state index is 0.143. The number of hydrogen-bond donors (Lipinski definition) is 1. The first-order valence-corrected chi connectivity index (χ1v) is 6.13. The molecule has 1 N–H and O–H groups in total. The van der Waals surface area contributed by atoms with Crippen molar-refractivity contribution in [3.8, 4) is 0 Å². The van der Waals surface area contributed by atoms with E-state index in [1.54, 1.807) is 18.3 Å². The fraction of sp³-hybridized carbons (Fsp3) is 0.357. The second-order valence-electron chi connectivity index (χ2n) is 4.40. The molecule has 1 aromatic carbocycles. The van der Waals surface area contributed by atoms with Gasteiger partial charge < -0.3 is 9.88 Å². The lowest BCUT2D eigenvalue weighted by molar-refractivity contribution is 0.523. The number of halogens is 1. The van der Waals surface area contributed by atoms with E-state index in [2.05, 4.69) is 14.9 Å². The Bertz CT molecular complexity index is 507. The Hall–Kier alpha value is -1.68.